The fourth-order valence-electron chi connectivity index (χ4n) is 3.46. The standard InChI is InChI=1S/C26H32ClFO4/c1-14(2)20-13-26(7,8)32-24-19(20)12-18(23(21(24)27)31-15(3)4)16(5)10-9-11-17(6)22(28)25(29)30/h9-15H,1-8H3,(H,29,30). The fourth-order valence-corrected chi connectivity index (χ4v) is 3.75. The summed E-state index contributed by atoms with van der Waals surface area (Å²) in [5.74, 6) is -1.38. The molecule has 4 nitrogen and oxygen atoms in total. The molecule has 0 saturated carbocycles. The minimum absolute atomic E-state index is 0.0318. The Bertz CT molecular complexity index is 1030. The van der Waals surface area contributed by atoms with E-state index in [4.69, 9.17) is 26.2 Å². The van der Waals surface area contributed by atoms with Crippen LogP contribution in [0, 0.1) is 5.92 Å². The second-order valence-electron chi connectivity index (χ2n) is 9.08. The van der Waals surface area contributed by atoms with Crippen molar-refractivity contribution in [2.45, 2.75) is 67.1 Å². The van der Waals surface area contributed by atoms with Crippen molar-refractivity contribution >= 4 is 28.7 Å². The maximum atomic E-state index is 13.5. The van der Waals surface area contributed by atoms with Crippen LogP contribution in [-0.2, 0) is 4.79 Å². The zero-order valence-corrected chi connectivity index (χ0v) is 20.7. The Morgan fingerprint density at radius 1 is 1.25 bits per heavy atom. The third-order valence-electron chi connectivity index (χ3n) is 4.98. The van der Waals surface area contributed by atoms with Crippen molar-refractivity contribution in [2.24, 2.45) is 5.92 Å². The Morgan fingerprint density at radius 3 is 2.41 bits per heavy atom. The molecule has 0 saturated heterocycles. The molecule has 1 N–H and O–H groups in total. The van der Waals surface area contributed by atoms with Gasteiger partial charge in [-0.2, -0.15) is 4.39 Å². The molecule has 0 aliphatic carbocycles. The average molecular weight is 463 g/mol. The van der Waals surface area contributed by atoms with E-state index < -0.39 is 17.4 Å². The van der Waals surface area contributed by atoms with Gasteiger partial charge in [-0.25, -0.2) is 4.79 Å². The molecule has 0 unspecified atom stereocenters. The highest BCUT2D eigenvalue weighted by molar-refractivity contribution is 6.34. The zero-order chi connectivity index (χ0) is 24.4. The van der Waals surface area contributed by atoms with Crippen molar-refractivity contribution < 1.29 is 23.8 Å². The van der Waals surface area contributed by atoms with E-state index in [0.29, 0.717) is 16.5 Å². The number of halogens is 2. The van der Waals surface area contributed by atoms with Gasteiger partial charge >= 0.3 is 5.97 Å². The molecule has 32 heavy (non-hydrogen) atoms. The number of fused-ring (bicyclic) bond motifs is 1. The molecule has 0 bridgehead atoms. The molecule has 174 valence electrons. The Morgan fingerprint density at radius 2 is 1.88 bits per heavy atom. The van der Waals surface area contributed by atoms with Crippen LogP contribution < -0.4 is 9.47 Å². The number of carboxylic acid groups (broad SMARTS) is 1. The number of ether oxygens (including phenoxy) is 2. The van der Waals surface area contributed by atoms with Crippen molar-refractivity contribution in [3.05, 3.63) is 57.9 Å². The monoisotopic (exact) mass is 462 g/mol. The van der Waals surface area contributed by atoms with Crippen molar-refractivity contribution in [3.63, 3.8) is 0 Å². The summed E-state index contributed by atoms with van der Waals surface area (Å²) in [6.45, 7) is 15.4. The van der Waals surface area contributed by atoms with Crippen LogP contribution in [0.1, 0.15) is 66.5 Å². The Hall–Kier alpha value is -2.53. The summed E-state index contributed by atoms with van der Waals surface area (Å²) >= 11 is 6.83. The van der Waals surface area contributed by atoms with Gasteiger partial charge in [0.05, 0.1) is 6.10 Å². The van der Waals surface area contributed by atoms with Gasteiger partial charge in [-0.15, -0.1) is 0 Å². The Balaban J connectivity index is 2.67. The van der Waals surface area contributed by atoms with Gasteiger partial charge in [0.25, 0.3) is 0 Å². The molecule has 0 atom stereocenters. The molecule has 6 heteroatoms. The maximum absolute atomic E-state index is 13.5. The van der Waals surface area contributed by atoms with Crippen LogP contribution in [0.25, 0.3) is 11.1 Å². The number of hydrogen-bond acceptors (Lipinski definition) is 3. The lowest BCUT2D eigenvalue weighted by Crippen LogP contribution is -2.30. The molecule has 1 aliphatic heterocycles. The van der Waals surface area contributed by atoms with Crippen LogP contribution in [-0.4, -0.2) is 22.8 Å². The van der Waals surface area contributed by atoms with Gasteiger partial charge in [-0.1, -0.05) is 43.7 Å². The quantitative estimate of drug-likeness (QED) is 0.334. The molecule has 1 aliphatic rings. The summed E-state index contributed by atoms with van der Waals surface area (Å²) < 4.78 is 25.9. The second kappa shape index (κ2) is 9.95. The van der Waals surface area contributed by atoms with Crippen molar-refractivity contribution in [3.8, 4) is 11.5 Å². The largest absolute Gasteiger partial charge is 0.489 e. The van der Waals surface area contributed by atoms with Crippen LogP contribution in [0.4, 0.5) is 4.39 Å². The molecule has 0 amide bonds. The first kappa shape index (κ1) is 25.7. The van der Waals surface area contributed by atoms with Gasteiger partial charge < -0.3 is 14.6 Å². The third-order valence-corrected chi connectivity index (χ3v) is 5.33. The highest BCUT2D eigenvalue weighted by atomic mass is 35.5. The van der Waals surface area contributed by atoms with E-state index in [-0.39, 0.29) is 17.6 Å². The van der Waals surface area contributed by atoms with E-state index in [2.05, 4.69) is 19.9 Å². The number of aliphatic carboxylic acids is 1. The summed E-state index contributed by atoms with van der Waals surface area (Å²) in [6, 6.07) is 2.01. The normalized spacial score (nSPS) is 16.6. The van der Waals surface area contributed by atoms with E-state index in [1.54, 1.807) is 12.2 Å². The van der Waals surface area contributed by atoms with Crippen LogP contribution in [0.15, 0.2) is 41.8 Å². The summed E-state index contributed by atoms with van der Waals surface area (Å²) in [5, 5.41) is 9.19. The number of hydrogen-bond donors (Lipinski definition) is 1. The van der Waals surface area contributed by atoms with Crippen LogP contribution in [0.3, 0.4) is 0 Å². The third kappa shape index (κ3) is 5.83. The first-order chi connectivity index (χ1) is 14.7. The van der Waals surface area contributed by atoms with Gasteiger partial charge in [0, 0.05) is 11.1 Å². The maximum Gasteiger partial charge on any atom is 0.365 e. The molecule has 1 heterocycles. The minimum Gasteiger partial charge on any atom is -0.489 e. The lowest BCUT2D eigenvalue weighted by molar-refractivity contribution is -0.134. The highest BCUT2D eigenvalue weighted by Crippen LogP contribution is 2.50. The van der Waals surface area contributed by atoms with E-state index in [9.17, 15) is 9.18 Å². The van der Waals surface area contributed by atoms with E-state index in [1.165, 1.54) is 13.0 Å². The van der Waals surface area contributed by atoms with Gasteiger partial charge in [0.1, 0.15) is 16.4 Å². The summed E-state index contributed by atoms with van der Waals surface area (Å²) in [5.41, 5.74) is 3.21. The molecule has 1 aromatic rings. The summed E-state index contributed by atoms with van der Waals surface area (Å²) in [4.78, 5) is 10.8. The van der Waals surface area contributed by atoms with E-state index in [0.717, 1.165) is 22.3 Å². The topological polar surface area (TPSA) is 55.8 Å². The fraction of sp³-hybridized carbons (Fsp3) is 0.423. The minimum atomic E-state index is -1.59. The van der Waals surface area contributed by atoms with Crippen LogP contribution in [0.2, 0.25) is 5.02 Å². The lowest BCUT2D eigenvalue weighted by atomic mass is 9.86. The molecule has 1 aromatic carbocycles. The van der Waals surface area contributed by atoms with Gasteiger partial charge in [-0.3, -0.25) is 0 Å². The van der Waals surface area contributed by atoms with Crippen LogP contribution in [0.5, 0.6) is 11.5 Å². The molecule has 0 spiro atoms. The molecule has 0 radical (unpaired) electrons. The average Bonchev–Trinajstić information content (AvgIpc) is 2.67. The molecular weight excluding hydrogens is 431 g/mol. The number of carbonyl (C=O) groups is 1. The smallest absolute Gasteiger partial charge is 0.365 e. The van der Waals surface area contributed by atoms with Crippen molar-refractivity contribution in [1.29, 1.82) is 0 Å². The number of rotatable bonds is 7. The summed E-state index contributed by atoms with van der Waals surface area (Å²) in [6.07, 6.45) is 6.81. The molecular formula is C26H32ClFO4. The van der Waals surface area contributed by atoms with Crippen molar-refractivity contribution in [1.82, 2.24) is 0 Å². The highest BCUT2D eigenvalue weighted by Gasteiger charge is 2.32. The SMILES string of the molecule is CC(=CC=CC(C)=C(F)C(=O)O)c1cc2c(c(Cl)c1OC(C)C)OC(C)(C)C=C2C(C)C. The first-order valence-corrected chi connectivity index (χ1v) is 11.0. The lowest BCUT2D eigenvalue weighted by Gasteiger charge is -2.34. The molecule has 0 aromatic heterocycles. The second-order valence-corrected chi connectivity index (χ2v) is 9.46. The van der Waals surface area contributed by atoms with E-state index in [1.807, 2.05) is 40.7 Å². The Kier molecular flexibility index (Phi) is 8.00. The van der Waals surface area contributed by atoms with E-state index >= 15 is 0 Å². The molecule has 0 fully saturated rings. The van der Waals surface area contributed by atoms with Gasteiger partial charge in [0.15, 0.2) is 5.75 Å². The van der Waals surface area contributed by atoms with Gasteiger partial charge in [0.2, 0.25) is 5.83 Å². The molecule has 2 rings (SSSR count). The summed E-state index contributed by atoms with van der Waals surface area (Å²) in [7, 11) is 0. The zero-order valence-electron chi connectivity index (χ0n) is 20.0. The van der Waals surface area contributed by atoms with Crippen molar-refractivity contribution in [2.75, 3.05) is 0 Å². The predicted molar refractivity (Wildman–Crippen MR) is 129 cm³/mol. The number of benzene rings is 1. The van der Waals surface area contributed by atoms with Gasteiger partial charge in [-0.05, 0) is 76.3 Å². The number of carboxylic acids is 1. The van der Waals surface area contributed by atoms with Crippen LogP contribution >= 0.6 is 11.6 Å². The Labute approximate surface area is 195 Å². The first-order valence-electron chi connectivity index (χ1n) is 10.7. The predicted octanol–water partition coefficient (Wildman–Crippen LogP) is 7.63. The number of allylic oxidation sites excluding steroid dienone is 6.